The van der Waals surface area contributed by atoms with Gasteiger partial charge in [-0.05, 0) is 57.6 Å². The van der Waals surface area contributed by atoms with E-state index < -0.39 is 5.60 Å². The summed E-state index contributed by atoms with van der Waals surface area (Å²) in [5, 5.41) is 2.35. The van der Waals surface area contributed by atoms with E-state index in [9.17, 15) is 4.79 Å². The molecule has 1 aromatic rings. The van der Waals surface area contributed by atoms with Gasteiger partial charge in [-0.3, -0.25) is 0 Å². The highest BCUT2D eigenvalue weighted by Crippen LogP contribution is 2.18. The van der Waals surface area contributed by atoms with E-state index in [1.807, 2.05) is 39.8 Å². The molecule has 0 spiro atoms. The molecular formula is C14H17NO2S. The number of carbonyl (C=O) groups excluding carboxylic acids is 1. The third-order valence-corrected chi connectivity index (χ3v) is 2.38. The molecule has 1 atom stereocenters. The zero-order valence-electron chi connectivity index (χ0n) is 11.1. The minimum atomic E-state index is -0.482. The Balaban J connectivity index is 2.83. The lowest BCUT2D eigenvalue weighted by atomic mass is 10.1. The van der Waals surface area contributed by atoms with Crippen molar-refractivity contribution in [3.63, 3.8) is 0 Å². The summed E-state index contributed by atoms with van der Waals surface area (Å²) >= 11 is 4.56. The molecule has 0 bridgehead atoms. The van der Waals surface area contributed by atoms with Crippen molar-refractivity contribution in [2.75, 3.05) is 0 Å². The molecule has 0 aliphatic rings. The van der Waals surface area contributed by atoms with Gasteiger partial charge in [0.05, 0.1) is 16.8 Å². The molecule has 1 unspecified atom stereocenters. The van der Waals surface area contributed by atoms with Gasteiger partial charge < -0.3 is 4.74 Å². The van der Waals surface area contributed by atoms with Crippen LogP contribution in [0.3, 0.4) is 0 Å². The van der Waals surface area contributed by atoms with Crippen LogP contribution in [-0.4, -0.2) is 16.7 Å². The van der Waals surface area contributed by atoms with Crippen molar-refractivity contribution in [3.05, 3.63) is 35.4 Å². The Hall–Kier alpha value is -1.51. The molecule has 18 heavy (non-hydrogen) atoms. The minimum Gasteiger partial charge on any atom is -0.456 e. The van der Waals surface area contributed by atoms with Gasteiger partial charge in [0.25, 0.3) is 0 Å². The molecule has 4 heteroatoms. The van der Waals surface area contributed by atoms with Crippen molar-refractivity contribution in [2.24, 2.45) is 4.99 Å². The molecule has 0 saturated heterocycles. The topological polar surface area (TPSA) is 38.7 Å². The molecule has 0 saturated carbocycles. The molecule has 0 aromatic heterocycles. The fraction of sp³-hybridized carbons (Fsp3) is 0.429. The van der Waals surface area contributed by atoms with E-state index in [1.165, 1.54) is 0 Å². The highest BCUT2D eigenvalue weighted by atomic mass is 32.1. The first-order chi connectivity index (χ1) is 8.33. The Morgan fingerprint density at radius 1 is 1.33 bits per heavy atom. The quantitative estimate of drug-likeness (QED) is 0.473. The van der Waals surface area contributed by atoms with Gasteiger partial charge >= 0.3 is 5.97 Å². The Bertz CT molecular complexity index is 468. The molecule has 0 heterocycles. The summed E-state index contributed by atoms with van der Waals surface area (Å²) < 4.78 is 5.28. The van der Waals surface area contributed by atoms with Gasteiger partial charge in [-0.1, -0.05) is 12.1 Å². The van der Waals surface area contributed by atoms with Gasteiger partial charge in [-0.15, -0.1) is 0 Å². The van der Waals surface area contributed by atoms with Gasteiger partial charge in [0.15, 0.2) is 0 Å². The summed E-state index contributed by atoms with van der Waals surface area (Å²) in [5.74, 6) is -0.319. The summed E-state index contributed by atoms with van der Waals surface area (Å²) in [7, 11) is 0. The molecule has 96 valence electrons. The number of carbonyl (C=O) groups is 1. The van der Waals surface area contributed by atoms with Crippen LogP contribution < -0.4 is 0 Å². The van der Waals surface area contributed by atoms with Gasteiger partial charge in [0.2, 0.25) is 0 Å². The predicted octanol–water partition coefficient (Wildman–Crippen LogP) is 3.81. The van der Waals surface area contributed by atoms with Crippen LogP contribution in [0.25, 0.3) is 0 Å². The average molecular weight is 263 g/mol. The summed E-state index contributed by atoms with van der Waals surface area (Å²) in [6, 6.07) is 7.12. The van der Waals surface area contributed by atoms with Crippen LogP contribution >= 0.6 is 12.2 Å². The van der Waals surface area contributed by atoms with Gasteiger partial charge in [-0.2, -0.15) is 0 Å². The zero-order valence-corrected chi connectivity index (χ0v) is 11.9. The maximum Gasteiger partial charge on any atom is 0.338 e. The number of hydrogen-bond acceptors (Lipinski definition) is 4. The fourth-order valence-corrected chi connectivity index (χ4v) is 1.55. The predicted molar refractivity (Wildman–Crippen MR) is 75.1 cm³/mol. The van der Waals surface area contributed by atoms with E-state index in [1.54, 1.807) is 12.1 Å². The number of thiocarbonyl (C=S) groups is 1. The second kappa shape index (κ2) is 5.89. The maximum atomic E-state index is 11.8. The first-order valence-corrected chi connectivity index (χ1v) is 6.14. The van der Waals surface area contributed by atoms with E-state index in [4.69, 9.17) is 4.74 Å². The molecule has 1 rings (SSSR count). The van der Waals surface area contributed by atoms with Crippen molar-refractivity contribution < 1.29 is 9.53 Å². The Morgan fingerprint density at radius 2 is 1.89 bits per heavy atom. The van der Waals surface area contributed by atoms with Gasteiger partial charge in [0, 0.05) is 0 Å². The zero-order chi connectivity index (χ0) is 13.8. The van der Waals surface area contributed by atoms with E-state index >= 15 is 0 Å². The summed E-state index contributed by atoms with van der Waals surface area (Å²) in [5.41, 5.74) is 1.04. The fourth-order valence-electron chi connectivity index (χ4n) is 1.39. The van der Waals surface area contributed by atoms with Crippen LogP contribution in [0.5, 0.6) is 0 Å². The van der Waals surface area contributed by atoms with E-state index in [2.05, 4.69) is 22.4 Å². The van der Waals surface area contributed by atoms with Crippen molar-refractivity contribution in [3.8, 4) is 0 Å². The smallest absolute Gasteiger partial charge is 0.338 e. The van der Waals surface area contributed by atoms with E-state index in [0.29, 0.717) is 5.56 Å². The van der Waals surface area contributed by atoms with Crippen molar-refractivity contribution in [1.29, 1.82) is 0 Å². The third kappa shape index (κ3) is 4.40. The Labute approximate surface area is 113 Å². The first-order valence-electron chi connectivity index (χ1n) is 5.74. The number of benzene rings is 1. The molecule has 0 aliphatic carbocycles. The molecule has 0 N–H and O–H groups in total. The second-order valence-corrected chi connectivity index (χ2v) is 5.20. The lowest BCUT2D eigenvalue weighted by Gasteiger charge is -2.19. The second-order valence-electron chi connectivity index (χ2n) is 5.02. The van der Waals surface area contributed by atoms with Gasteiger partial charge in [0.1, 0.15) is 5.60 Å². The maximum absolute atomic E-state index is 11.8. The summed E-state index contributed by atoms with van der Waals surface area (Å²) in [6.45, 7) is 7.45. The van der Waals surface area contributed by atoms with Crippen molar-refractivity contribution >= 4 is 23.3 Å². The van der Waals surface area contributed by atoms with Crippen LogP contribution in [0.2, 0.25) is 0 Å². The van der Waals surface area contributed by atoms with Crippen molar-refractivity contribution in [2.45, 2.75) is 39.3 Å². The van der Waals surface area contributed by atoms with Crippen LogP contribution in [0, 0.1) is 0 Å². The van der Waals surface area contributed by atoms with Crippen LogP contribution in [0.15, 0.2) is 29.3 Å². The number of nitrogens with zero attached hydrogens (tertiary/aromatic N) is 1. The highest BCUT2D eigenvalue weighted by molar-refractivity contribution is 7.78. The van der Waals surface area contributed by atoms with Crippen LogP contribution in [0.4, 0.5) is 0 Å². The number of hydrogen-bond donors (Lipinski definition) is 0. The largest absolute Gasteiger partial charge is 0.456 e. The summed E-state index contributed by atoms with van der Waals surface area (Å²) in [6.07, 6.45) is 0. The molecule has 0 amide bonds. The Kier molecular flexibility index (Phi) is 4.76. The molecule has 0 radical (unpaired) electrons. The van der Waals surface area contributed by atoms with Gasteiger partial charge in [-0.25, -0.2) is 9.79 Å². The van der Waals surface area contributed by atoms with E-state index in [-0.39, 0.29) is 12.0 Å². The first kappa shape index (κ1) is 14.6. The number of aliphatic imine (C=N–C) groups is 1. The average Bonchev–Trinajstić information content (AvgIpc) is 2.27. The number of ether oxygens (including phenoxy) is 1. The third-order valence-electron chi connectivity index (χ3n) is 2.27. The lowest BCUT2D eigenvalue weighted by molar-refractivity contribution is 0.00695. The number of rotatable bonds is 3. The van der Waals surface area contributed by atoms with Crippen LogP contribution in [0.1, 0.15) is 49.7 Å². The molecular weight excluding hydrogens is 246 g/mol. The molecule has 0 fully saturated rings. The minimum absolute atomic E-state index is 0.0461. The number of isothiocyanates is 1. The highest BCUT2D eigenvalue weighted by Gasteiger charge is 2.17. The Morgan fingerprint density at radius 3 is 2.33 bits per heavy atom. The SMILES string of the molecule is CC(N=C=S)c1ccc(C(=O)OC(C)(C)C)cc1. The van der Waals surface area contributed by atoms with Crippen molar-refractivity contribution in [1.82, 2.24) is 0 Å². The molecule has 0 aliphatic heterocycles. The standard InChI is InChI=1S/C14H17NO2S/c1-10(15-9-18)11-5-7-12(8-6-11)13(16)17-14(2,3)4/h5-8,10H,1-4H3. The normalized spacial score (nSPS) is 12.4. The monoisotopic (exact) mass is 263 g/mol. The molecule has 3 nitrogen and oxygen atoms in total. The molecule has 1 aromatic carbocycles. The van der Waals surface area contributed by atoms with Crippen LogP contribution in [-0.2, 0) is 4.74 Å². The van der Waals surface area contributed by atoms with E-state index in [0.717, 1.165) is 5.56 Å². The summed E-state index contributed by atoms with van der Waals surface area (Å²) in [4.78, 5) is 15.8. The number of esters is 1. The lowest BCUT2D eigenvalue weighted by Crippen LogP contribution is -2.23.